The van der Waals surface area contributed by atoms with Crippen molar-refractivity contribution in [1.82, 2.24) is 0 Å². The summed E-state index contributed by atoms with van der Waals surface area (Å²) < 4.78 is 5.45. The quantitative estimate of drug-likeness (QED) is 0.657. The zero-order valence-electron chi connectivity index (χ0n) is 15.2. The summed E-state index contributed by atoms with van der Waals surface area (Å²) in [6.07, 6.45) is 2.94. The van der Waals surface area contributed by atoms with Crippen LogP contribution < -0.4 is 5.73 Å². The van der Waals surface area contributed by atoms with E-state index in [0.29, 0.717) is 12.8 Å². The summed E-state index contributed by atoms with van der Waals surface area (Å²) in [6.45, 7) is 7.16. The van der Waals surface area contributed by atoms with Gasteiger partial charge in [0.2, 0.25) is 0 Å². The lowest BCUT2D eigenvalue weighted by Gasteiger charge is -2.40. The molecule has 1 fully saturated rings. The Morgan fingerprint density at radius 1 is 1.08 bits per heavy atom. The molecule has 0 aromatic carbocycles. The van der Waals surface area contributed by atoms with Crippen LogP contribution in [0.2, 0.25) is 0 Å². The van der Waals surface area contributed by atoms with Gasteiger partial charge in [-0.25, -0.2) is 0 Å². The number of nitrogens with two attached hydrogens (primary N) is 1. The third-order valence-corrected chi connectivity index (χ3v) is 4.96. The van der Waals surface area contributed by atoms with Crippen LogP contribution in [-0.4, -0.2) is 35.0 Å². The summed E-state index contributed by atoms with van der Waals surface area (Å²) >= 11 is 0. The number of ether oxygens (including phenoxy) is 1. The molecule has 1 aliphatic rings. The maximum Gasteiger partial charge on any atom is 0.324 e. The summed E-state index contributed by atoms with van der Waals surface area (Å²) in [4.78, 5) is 36.1. The van der Waals surface area contributed by atoms with Crippen LogP contribution in [0.25, 0.3) is 0 Å². The largest absolute Gasteiger partial charge is 0.481 e. The van der Waals surface area contributed by atoms with Crippen molar-refractivity contribution in [1.29, 1.82) is 0 Å². The van der Waals surface area contributed by atoms with Gasteiger partial charge in [-0.1, -0.05) is 47.0 Å². The van der Waals surface area contributed by atoms with E-state index in [9.17, 15) is 19.5 Å². The molecule has 0 radical (unpaired) electrons. The van der Waals surface area contributed by atoms with E-state index in [1.54, 1.807) is 13.8 Å². The predicted molar refractivity (Wildman–Crippen MR) is 90.3 cm³/mol. The number of carboxylic acid groups (broad SMARTS) is 1. The van der Waals surface area contributed by atoms with Crippen molar-refractivity contribution in [2.24, 2.45) is 23.0 Å². The molecule has 0 aromatic rings. The van der Waals surface area contributed by atoms with E-state index in [2.05, 4.69) is 0 Å². The lowest BCUT2D eigenvalue weighted by molar-refractivity contribution is -0.164. The topological polar surface area (TPSA) is 107 Å². The van der Waals surface area contributed by atoms with Crippen LogP contribution in [0, 0.1) is 17.3 Å². The number of carboxylic acids is 1. The highest BCUT2D eigenvalue weighted by Gasteiger charge is 2.45. The van der Waals surface area contributed by atoms with Gasteiger partial charge < -0.3 is 15.6 Å². The van der Waals surface area contributed by atoms with Crippen LogP contribution in [0.3, 0.4) is 0 Å². The molecule has 0 heterocycles. The molecule has 0 spiro atoms. The van der Waals surface area contributed by atoms with Gasteiger partial charge in [0.05, 0.1) is 6.42 Å². The predicted octanol–water partition coefficient (Wildman–Crippen LogP) is 2.53. The van der Waals surface area contributed by atoms with Gasteiger partial charge in [-0.3, -0.25) is 14.4 Å². The molecule has 6 heteroatoms. The molecule has 2 unspecified atom stereocenters. The van der Waals surface area contributed by atoms with Gasteiger partial charge in [-0.15, -0.1) is 0 Å². The third-order valence-electron chi connectivity index (χ3n) is 4.96. The van der Waals surface area contributed by atoms with E-state index < -0.39 is 29.5 Å². The smallest absolute Gasteiger partial charge is 0.324 e. The van der Waals surface area contributed by atoms with Gasteiger partial charge in [0.1, 0.15) is 6.04 Å². The van der Waals surface area contributed by atoms with Crippen LogP contribution in [0.5, 0.6) is 0 Å². The Labute approximate surface area is 144 Å². The number of hydrogen-bond donors (Lipinski definition) is 2. The van der Waals surface area contributed by atoms with Gasteiger partial charge >= 0.3 is 11.9 Å². The Bertz CT molecular complexity index is 466. The molecule has 3 N–H and O–H groups in total. The molecule has 0 amide bonds. The number of carbonyl (C=O) groups excluding carboxylic acids is 2. The molecule has 1 rings (SSSR count). The van der Waals surface area contributed by atoms with Crippen molar-refractivity contribution in [2.75, 3.05) is 0 Å². The van der Waals surface area contributed by atoms with Crippen molar-refractivity contribution in [3.05, 3.63) is 0 Å². The molecule has 0 bridgehead atoms. The Hall–Kier alpha value is -1.43. The number of rotatable bonds is 8. The highest BCUT2D eigenvalue weighted by atomic mass is 16.5. The van der Waals surface area contributed by atoms with Crippen molar-refractivity contribution < 1.29 is 24.2 Å². The van der Waals surface area contributed by atoms with Crippen molar-refractivity contribution in [3.63, 3.8) is 0 Å². The second-order valence-corrected chi connectivity index (χ2v) is 7.63. The maximum atomic E-state index is 12.6. The van der Waals surface area contributed by atoms with Gasteiger partial charge in [0.15, 0.2) is 11.9 Å². The summed E-state index contributed by atoms with van der Waals surface area (Å²) in [6, 6.07) is -1.02. The lowest BCUT2D eigenvalue weighted by Crippen LogP contribution is -2.52. The summed E-state index contributed by atoms with van der Waals surface area (Å²) in [5, 5.41) is 9.23. The number of Topliss-reactive ketones (excluding diaryl/α,β-unsaturated/α-hetero) is 1. The Kier molecular flexibility index (Phi) is 7.39. The molecule has 0 aliphatic heterocycles. The number of esters is 1. The van der Waals surface area contributed by atoms with Crippen LogP contribution in [0.4, 0.5) is 0 Å². The fourth-order valence-electron chi connectivity index (χ4n) is 3.45. The van der Waals surface area contributed by atoms with Gasteiger partial charge in [-0.05, 0) is 18.8 Å². The molecule has 0 aromatic heterocycles. The Balaban J connectivity index is 2.93. The molecule has 138 valence electrons. The maximum absolute atomic E-state index is 12.6. The zero-order valence-corrected chi connectivity index (χ0v) is 15.2. The average Bonchev–Trinajstić information content (AvgIpc) is 2.50. The summed E-state index contributed by atoms with van der Waals surface area (Å²) in [5.74, 6) is -2.16. The first-order valence-corrected chi connectivity index (χ1v) is 8.82. The minimum absolute atomic E-state index is 0.138. The first-order chi connectivity index (χ1) is 11.1. The highest BCUT2D eigenvalue weighted by molar-refractivity contribution is 5.88. The fraction of sp³-hybridized carbons (Fsp3) is 0.833. The molecular weight excluding hydrogens is 310 g/mol. The second-order valence-electron chi connectivity index (χ2n) is 7.63. The lowest BCUT2D eigenvalue weighted by atomic mass is 9.67. The van der Waals surface area contributed by atoms with Crippen LogP contribution >= 0.6 is 0 Å². The Morgan fingerprint density at radius 3 is 2.04 bits per heavy atom. The van der Waals surface area contributed by atoms with Crippen LogP contribution in [0.15, 0.2) is 0 Å². The minimum atomic E-state index is -1.02. The molecule has 2 atom stereocenters. The van der Waals surface area contributed by atoms with Gasteiger partial charge in [-0.2, -0.15) is 0 Å². The van der Waals surface area contributed by atoms with E-state index in [1.807, 2.05) is 13.8 Å². The number of aliphatic carboxylic acids is 1. The van der Waals surface area contributed by atoms with Crippen molar-refractivity contribution in [2.45, 2.75) is 78.4 Å². The first-order valence-electron chi connectivity index (χ1n) is 8.82. The van der Waals surface area contributed by atoms with E-state index in [1.165, 1.54) is 0 Å². The van der Waals surface area contributed by atoms with Crippen molar-refractivity contribution >= 4 is 17.7 Å². The molecule has 24 heavy (non-hydrogen) atoms. The normalized spacial score (nSPS) is 19.8. The molecule has 6 nitrogen and oxygen atoms in total. The molecule has 0 saturated heterocycles. The second kappa shape index (κ2) is 8.60. The highest BCUT2D eigenvalue weighted by Crippen LogP contribution is 2.42. The van der Waals surface area contributed by atoms with Crippen LogP contribution in [0.1, 0.15) is 66.2 Å². The number of carbonyl (C=O) groups is 3. The number of ketones is 1. The monoisotopic (exact) mass is 341 g/mol. The third kappa shape index (κ3) is 5.03. The standard InChI is InChI=1S/C18H31NO5/c1-11(2)14(22)15(12(3)4)24-17(23)16(19)18(10-13(20)21)8-6-5-7-9-18/h11-12,15-16H,5-10,19H2,1-4H3,(H,20,21). The van der Waals surface area contributed by atoms with E-state index >= 15 is 0 Å². The minimum Gasteiger partial charge on any atom is -0.481 e. The molecule has 1 saturated carbocycles. The molecular formula is C18H31NO5. The summed E-state index contributed by atoms with van der Waals surface area (Å²) in [5.41, 5.74) is 5.38. The fourth-order valence-corrected chi connectivity index (χ4v) is 3.45. The first kappa shape index (κ1) is 20.6. The summed E-state index contributed by atoms with van der Waals surface area (Å²) in [7, 11) is 0. The average molecular weight is 341 g/mol. The van der Waals surface area contributed by atoms with Crippen molar-refractivity contribution in [3.8, 4) is 0 Å². The van der Waals surface area contributed by atoms with Crippen LogP contribution in [-0.2, 0) is 19.1 Å². The van der Waals surface area contributed by atoms with E-state index in [0.717, 1.165) is 19.3 Å². The Morgan fingerprint density at radius 2 is 1.62 bits per heavy atom. The SMILES string of the molecule is CC(C)C(=O)C(OC(=O)C(N)C1(CC(=O)O)CCCCC1)C(C)C. The van der Waals surface area contributed by atoms with Gasteiger partial charge in [0.25, 0.3) is 0 Å². The van der Waals surface area contributed by atoms with Gasteiger partial charge in [0, 0.05) is 11.3 Å². The van der Waals surface area contributed by atoms with E-state index in [4.69, 9.17) is 10.5 Å². The number of hydrogen-bond acceptors (Lipinski definition) is 5. The zero-order chi connectivity index (χ0) is 18.5. The molecule has 1 aliphatic carbocycles. The van der Waals surface area contributed by atoms with E-state index in [-0.39, 0.29) is 24.0 Å².